The van der Waals surface area contributed by atoms with Gasteiger partial charge in [0.15, 0.2) is 0 Å². The summed E-state index contributed by atoms with van der Waals surface area (Å²) in [6.07, 6.45) is 1.86. The van der Waals surface area contributed by atoms with E-state index >= 15 is 0 Å². The fourth-order valence-electron chi connectivity index (χ4n) is 3.10. The largest absolute Gasteiger partial charge is 0.395 e. The number of aliphatic hydroxyl groups is 1. The Kier molecular flexibility index (Phi) is 4.44. The summed E-state index contributed by atoms with van der Waals surface area (Å²) in [5, 5.41) is 13.1. The lowest BCUT2D eigenvalue weighted by Crippen LogP contribution is -2.33. The number of urea groups is 1. The van der Waals surface area contributed by atoms with Crippen LogP contribution in [-0.4, -0.2) is 42.5 Å². The van der Waals surface area contributed by atoms with Gasteiger partial charge in [-0.15, -0.1) is 11.3 Å². The highest BCUT2D eigenvalue weighted by atomic mass is 32.1. The Labute approximate surface area is 155 Å². The maximum atomic E-state index is 12.3. The first-order valence-corrected chi connectivity index (χ1v) is 9.26. The molecule has 2 heterocycles. The van der Waals surface area contributed by atoms with Gasteiger partial charge >= 0.3 is 6.03 Å². The number of fused-ring (bicyclic) bond motifs is 2. The summed E-state index contributed by atoms with van der Waals surface area (Å²) in [5.41, 5.74) is 4.08. The van der Waals surface area contributed by atoms with Crippen LogP contribution in [0.25, 0.3) is 20.5 Å². The Bertz CT molecular complexity index is 976. The summed E-state index contributed by atoms with van der Waals surface area (Å²) >= 11 is 1.75. The molecule has 2 amide bonds. The number of hydrogen-bond acceptors (Lipinski definition) is 4. The van der Waals surface area contributed by atoms with Crippen LogP contribution in [0, 0.1) is 0 Å². The van der Waals surface area contributed by atoms with E-state index in [0.717, 1.165) is 16.8 Å². The Hall–Kier alpha value is -2.70. The number of rotatable bonds is 4. The first-order valence-electron chi connectivity index (χ1n) is 8.44. The fourth-order valence-corrected chi connectivity index (χ4v) is 4.20. The normalized spacial score (nSPS) is 12.4. The van der Waals surface area contributed by atoms with E-state index in [9.17, 15) is 4.79 Å². The molecule has 1 aliphatic heterocycles. The number of aliphatic imine (C=N–C) groups is 1. The number of benzene rings is 2. The number of likely N-dealkylation sites (N-methyl/N-ethyl adjacent to an activating group) is 1. The Morgan fingerprint density at radius 3 is 2.96 bits per heavy atom. The zero-order chi connectivity index (χ0) is 18.1. The number of amides is 2. The van der Waals surface area contributed by atoms with Gasteiger partial charge in [-0.1, -0.05) is 18.2 Å². The molecule has 132 valence electrons. The summed E-state index contributed by atoms with van der Waals surface area (Å²) in [4.78, 5) is 19.3. The minimum absolute atomic E-state index is 0.0617. The number of carbonyl (C=O) groups excluding carboxylic acids is 1. The molecule has 0 bridgehead atoms. The molecule has 2 N–H and O–H groups in total. The molecule has 1 aliphatic rings. The Morgan fingerprint density at radius 2 is 2.15 bits per heavy atom. The average molecular weight is 365 g/mol. The van der Waals surface area contributed by atoms with Crippen molar-refractivity contribution in [3.8, 4) is 10.4 Å². The maximum Gasteiger partial charge on any atom is 0.321 e. The predicted octanol–water partition coefficient (Wildman–Crippen LogP) is 3.96. The molecule has 0 fully saturated rings. The SMILES string of the molecule is CN(CCO)C(=O)Nc1cc2c(c(-c3cc4ccccc4s3)c1)CN=C2. The van der Waals surface area contributed by atoms with Gasteiger partial charge in [0.2, 0.25) is 0 Å². The number of anilines is 1. The molecule has 0 saturated heterocycles. The number of thiophene rings is 1. The van der Waals surface area contributed by atoms with E-state index in [1.165, 1.54) is 25.4 Å². The molecule has 0 aliphatic carbocycles. The second-order valence-corrected chi connectivity index (χ2v) is 7.37. The van der Waals surface area contributed by atoms with E-state index in [1.807, 2.05) is 30.5 Å². The molecule has 5 nitrogen and oxygen atoms in total. The van der Waals surface area contributed by atoms with Gasteiger partial charge in [0.25, 0.3) is 0 Å². The molecule has 0 unspecified atom stereocenters. The number of nitrogens with one attached hydrogen (secondary N) is 1. The van der Waals surface area contributed by atoms with Crippen molar-refractivity contribution < 1.29 is 9.90 Å². The monoisotopic (exact) mass is 365 g/mol. The Morgan fingerprint density at radius 1 is 1.31 bits per heavy atom. The second kappa shape index (κ2) is 6.90. The van der Waals surface area contributed by atoms with E-state index in [1.54, 1.807) is 18.4 Å². The van der Waals surface area contributed by atoms with Crippen LogP contribution < -0.4 is 5.32 Å². The summed E-state index contributed by atoms with van der Waals surface area (Å²) in [5.74, 6) is 0. The number of aliphatic hydroxyl groups excluding tert-OH is 1. The number of carbonyl (C=O) groups is 1. The van der Waals surface area contributed by atoms with Crippen molar-refractivity contribution in [2.75, 3.05) is 25.5 Å². The molecule has 1 aromatic heterocycles. The number of hydrogen-bond donors (Lipinski definition) is 2. The molecule has 2 aromatic carbocycles. The summed E-state index contributed by atoms with van der Waals surface area (Å²) in [6.45, 7) is 0.896. The lowest BCUT2D eigenvalue weighted by molar-refractivity contribution is 0.202. The summed E-state index contributed by atoms with van der Waals surface area (Å²) in [6, 6.07) is 14.2. The zero-order valence-electron chi connectivity index (χ0n) is 14.4. The van der Waals surface area contributed by atoms with Gasteiger partial charge in [-0.3, -0.25) is 4.99 Å². The fraction of sp³-hybridized carbons (Fsp3) is 0.200. The molecule has 4 rings (SSSR count). The van der Waals surface area contributed by atoms with Gasteiger partial charge in [-0.2, -0.15) is 0 Å². The van der Waals surface area contributed by atoms with Crippen molar-refractivity contribution in [1.29, 1.82) is 0 Å². The minimum Gasteiger partial charge on any atom is -0.395 e. The van der Waals surface area contributed by atoms with E-state index in [4.69, 9.17) is 5.11 Å². The quantitative estimate of drug-likeness (QED) is 0.735. The van der Waals surface area contributed by atoms with Crippen LogP contribution in [0.5, 0.6) is 0 Å². The molecule has 0 spiro atoms. The van der Waals surface area contributed by atoms with Crippen LogP contribution in [0.3, 0.4) is 0 Å². The third kappa shape index (κ3) is 3.09. The van der Waals surface area contributed by atoms with E-state index in [-0.39, 0.29) is 12.6 Å². The van der Waals surface area contributed by atoms with Gasteiger partial charge in [0.05, 0.1) is 13.2 Å². The third-order valence-corrected chi connectivity index (χ3v) is 5.64. The summed E-state index contributed by atoms with van der Waals surface area (Å²) < 4.78 is 1.24. The first-order chi connectivity index (χ1) is 12.7. The first kappa shape index (κ1) is 16.8. The van der Waals surface area contributed by atoms with Crippen LogP contribution in [0.2, 0.25) is 0 Å². The highest BCUT2D eigenvalue weighted by Gasteiger charge is 2.18. The van der Waals surface area contributed by atoms with Gasteiger partial charge in [0, 0.05) is 40.6 Å². The molecule has 6 heteroatoms. The van der Waals surface area contributed by atoms with Crippen LogP contribution in [-0.2, 0) is 6.54 Å². The highest BCUT2D eigenvalue weighted by molar-refractivity contribution is 7.22. The smallest absolute Gasteiger partial charge is 0.321 e. The van der Waals surface area contributed by atoms with E-state index in [2.05, 4.69) is 28.5 Å². The molecule has 0 saturated carbocycles. The van der Waals surface area contributed by atoms with Crippen molar-refractivity contribution in [3.63, 3.8) is 0 Å². The van der Waals surface area contributed by atoms with Crippen LogP contribution >= 0.6 is 11.3 Å². The van der Waals surface area contributed by atoms with Gasteiger partial charge < -0.3 is 15.3 Å². The Balaban J connectivity index is 1.73. The third-order valence-electron chi connectivity index (χ3n) is 4.49. The highest BCUT2D eigenvalue weighted by Crippen LogP contribution is 2.39. The lowest BCUT2D eigenvalue weighted by atomic mass is 10.0. The molecule has 3 aromatic rings. The molecular weight excluding hydrogens is 346 g/mol. The van der Waals surface area contributed by atoms with E-state index in [0.29, 0.717) is 13.1 Å². The van der Waals surface area contributed by atoms with Crippen LogP contribution in [0.1, 0.15) is 11.1 Å². The minimum atomic E-state index is -0.240. The maximum absolute atomic E-state index is 12.3. The van der Waals surface area contributed by atoms with Crippen molar-refractivity contribution in [3.05, 3.63) is 53.6 Å². The van der Waals surface area contributed by atoms with Gasteiger partial charge in [-0.25, -0.2) is 4.79 Å². The second-order valence-electron chi connectivity index (χ2n) is 6.29. The molecule has 26 heavy (non-hydrogen) atoms. The van der Waals surface area contributed by atoms with Crippen molar-refractivity contribution in [1.82, 2.24) is 4.90 Å². The van der Waals surface area contributed by atoms with Crippen LogP contribution in [0.4, 0.5) is 10.5 Å². The molecule has 0 atom stereocenters. The van der Waals surface area contributed by atoms with Crippen molar-refractivity contribution in [2.45, 2.75) is 6.54 Å². The lowest BCUT2D eigenvalue weighted by Gasteiger charge is -2.17. The standard InChI is InChI=1S/C20H19N3O2S/c1-23(6-7-24)20(25)22-15-8-14-11-21-12-17(14)16(10-15)19-9-13-4-2-3-5-18(13)26-19/h2-5,8-11,24H,6-7,12H2,1H3,(H,22,25). The van der Waals surface area contributed by atoms with E-state index < -0.39 is 0 Å². The predicted molar refractivity (Wildman–Crippen MR) is 107 cm³/mol. The van der Waals surface area contributed by atoms with Gasteiger partial charge in [-0.05, 0) is 40.8 Å². The van der Waals surface area contributed by atoms with Crippen molar-refractivity contribution in [2.24, 2.45) is 4.99 Å². The van der Waals surface area contributed by atoms with Crippen molar-refractivity contribution >= 4 is 39.4 Å². The zero-order valence-corrected chi connectivity index (χ0v) is 15.2. The average Bonchev–Trinajstić information content (AvgIpc) is 3.27. The van der Waals surface area contributed by atoms with Crippen LogP contribution in [0.15, 0.2) is 47.5 Å². The summed E-state index contributed by atoms with van der Waals surface area (Å²) in [7, 11) is 1.66. The topological polar surface area (TPSA) is 64.9 Å². The molecular formula is C20H19N3O2S. The molecule has 0 radical (unpaired) electrons. The van der Waals surface area contributed by atoms with Gasteiger partial charge in [0.1, 0.15) is 0 Å². The number of nitrogens with zero attached hydrogens (tertiary/aromatic N) is 2.